The van der Waals surface area contributed by atoms with E-state index in [0.717, 1.165) is 15.6 Å². The number of nitrogens with zero attached hydrogens (tertiary/aromatic N) is 5. The molecule has 1 saturated heterocycles. The van der Waals surface area contributed by atoms with Gasteiger partial charge >= 0.3 is 6.03 Å². The molecular formula is C31H29BrCl2N6O4S. The zero-order valence-corrected chi connectivity index (χ0v) is 28.1. The summed E-state index contributed by atoms with van der Waals surface area (Å²) in [6.07, 6.45) is 1.49. The molecule has 2 aliphatic rings. The molecule has 0 bridgehead atoms. The normalized spacial score (nSPS) is 18.7. The van der Waals surface area contributed by atoms with E-state index in [1.165, 1.54) is 20.0 Å². The first kappa shape index (κ1) is 31.6. The second-order valence-electron chi connectivity index (χ2n) is 11.1. The number of nitrogens with one attached hydrogen (secondary N) is 1. The quantitative estimate of drug-likeness (QED) is 0.259. The molecule has 3 aromatic carbocycles. The summed E-state index contributed by atoms with van der Waals surface area (Å²) in [7, 11) is -4.13. The number of benzene rings is 3. The van der Waals surface area contributed by atoms with Gasteiger partial charge in [0.25, 0.3) is 15.9 Å². The van der Waals surface area contributed by atoms with Gasteiger partial charge in [-0.1, -0.05) is 81.6 Å². The number of piperazine rings is 1. The predicted molar refractivity (Wildman–Crippen MR) is 176 cm³/mol. The van der Waals surface area contributed by atoms with Crippen LogP contribution in [0, 0.1) is 0 Å². The monoisotopic (exact) mass is 730 g/mol. The van der Waals surface area contributed by atoms with Crippen LogP contribution in [0.5, 0.6) is 0 Å². The number of sulfonamides is 1. The Morgan fingerprint density at radius 3 is 2.24 bits per heavy atom. The van der Waals surface area contributed by atoms with Crippen LogP contribution in [0.2, 0.25) is 10.0 Å². The van der Waals surface area contributed by atoms with Crippen molar-refractivity contribution in [2.45, 2.75) is 30.5 Å². The fourth-order valence-corrected chi connectivity index (χ4v) is 8.15. The van der Waals surface area contributed by atoms with Gasteiger partial charge in [-0.2, -0.15) is 4.31 Å². The third kappa shape index (κ3) is 6.09. The van der Waals surface area contributed by atoms with E-state index in [-0.39, 0.29) is 55.5 Å². The topological polar surface area (TPSA) is 108 Å². The van der Waals surface area contributed by atoms with Gasteiger partial charge in [-0.25, -0.2) is 23.1 Å². The zero-order chi connectivity index (χ0) is 31.9. The van der Waals surface area contributed by atoms with Gasteiger partial charge < -0.3 is 10.2 Å². The number of aromatic nitrogens is 2. The molecule has 1 N–H and O–H groups in total. The molecule has 45 heavy (non-hydrogen) atoms. The standard InChI is InChI=1S/C31H29BrCl2N6O4S/c1-31(18-21-7-9-23(32)10-8-21)28(41)39(26-16-24(33)15-25(34)17-26)29-35-20-27(40(29)31)45(43,44)38-13-11-37(12-14-38)30(42)36-19-22-5-3-2-4-6-22/h2-10,15-17,20H,11-14,18-19H2,1H3,(H,36,42)/t31-/m1/s1. The van der Waals surface area contributed by atoms with Crippen LogP contribution in [-0.2, 0) is 33.3 Å². The minimum Gasteiger partial charge on any atom is -0.334 e. The third-order valence-electron chi connectivity index (χ3n) is 8.05. The molecule has 2 aliphatic heterocycles. The van der Waals surface area contributed by atoms with Crippen LogP contribution in [0.15, 0.2) is 88.5 Å². The van der Waals surface area contributed by atoms with Crippen LogP contribution in [-0.4, -0.2) is 65.3 Å². The highest BCUT2D eigenvalue weighted by molar-refractivity contribution is 9.10. The molecule has 0 spiro atoms. The highest BCUT2D eigenvalue weighted by Crippen LogP contribution is 2.45. The Balaban J connectivity index is 1.29. The van der Waals surface area contributed by atoms with Gasteiger partial charge in [-0.15, -0.1) is 0 Å². The van der Waals surface area contributed by atoms with Gasteiger partial charge in [0.1, 0.15) is 5.54 Å². The highest BCUT2D eigenvalue weighted by atomic mass is 79.9. The molecule has 3 heterocycles. The molecule has 14 heteroatoms. The predicted octanol–water partition coefficient (Wildman–Crippen LogP) is 5.80. The smallest absolute Gasteiger partial charge is 0.317 e. The SMILES string of the molecule is C[C@@]1(Cc2ccc(Br)cc2)C(=O)N(c2cc(Cl)cc(Cl)c2)c2ncc(S(=O)(=O)N3CCN(C(=O)NCc4ccccc4)CC3)n21. The number of amides is 3. The molecule has 1 aromatic heterocycles. The van der Waals surface area contributed by atoms with Gasteiger partial charge in [-0.3, -0.25) is 9.36 Å². The lowest BCUT2D eigenvalue weighted by Gasteiger charge is -2.34. The number of fused-ring (bicyclic) bond motifs is 1. The maximum absolute atomic E-state index is 14.3. The van der Waals surface area contributed by atoms with Gasteiger partial charge in [0.2, 0.25) is 5.95 Å². The van der Waals surface area contributed by atoms with Gasteiger partial charge in [0, 0.05) is 53.7 Å². The molecule has 234 valence electrons. The number of rotatable bonds is 7. The van der Waals surface area contributed by atoms with Crippen LogP contribution < -0.4 is 10.2 Å². The Labute approximate surface area is 279 Å². The van der Waals surface area contributed by atoms with Crippen molar-refractivity contribution in [1.29, 1.82) is 0 Å². The summed E-state index contributed by atoms with van der Waals surface area (Å²) in [5.74, 6) is -0.223. The Morgan fingerprint density at radius 2 is 1.60 bits per heavy atom. The van der Waals surface area contributed by atoms with Crippen molar-refractivity contribution in [3.05, 3.63) is 105 Å². The van der Waals surface area contributed by atoms with Crippen molar-refractivity contribution >= 4 is 72.7 Å². The zero-order valence-electron chi connectivity index (χ0n) is 24.2. The van der Waals surface area contributed by atoms with E-state index in [9.17, 15) is 18.0 Å². The van der Waals surface area contributed by atoms with E-state index in [0.29, 0.717) is 22.3 Å². The maximum atomic E-state index is 14.3. The van der Waals surface area contributed by atoms with Gasteiger partial charge in [0.15, 0.2) is 5.03 Å². The first-order chi connectivity index (χ1) is 21.5. The number of carbonyl (C=O) groups excluding carboxylic acids is 2. The minimum atomic E-state index is -4.13. The minimum absolute atomic E-state index is 0.0899. The molecule has 0 saturated carbocycles. The average molecular weight is 732 g/mol. The second-order valence-corrected chi connectivity index (χ2v) is 14.8. The van der Waals surface area contributed by atoms with Crippen molar-refractivity contribution < 1.29 is 18.0 Å². The molecule has 4 aromatic rings. The number of anilines is 2. The number of halogens is 3. The Morgan fingerprint density at radius 1 is 0.956 bits per heavy atom. The van der Waals surface area contributed by atoms with Crippen LogP contribution in [0.25, 0.3) is 0 Å². The summed E-state index contributed by atoms with van der Waals surface area (Å²) in [4.78, 5) is 34.5. The summed E-state index contributed by atoms with van der Waals surface area (Å²) >= 11 is 16.0. The lowest BCUT2D eigenvalue weighted by molar-refractivity contribution is -0.124. The van der Waals surface area contributed by atoms with Crippen molar-refractivity contribution in [3.8, 4) is 0 Å². The molecule has 0 unspecified atom stereocenters. The molecule has 0 radical (unpaired) electrons. The average Bonchev–Trinajstić information content (AvgIpc) is 3.55. The number of urea groups is 1. The molecule has 1 fully saturated rings. The van der Waals surface area contributed by atoms with E-state index in [1.54, 1.807) is 30.0 Å². The van der Waals surface area contributed by atoms with E-state index in [4.69, 9.17) is 23.2 Å². The van der Waals surface area contributed by atoms with E-state index < -0.39 is 15.6 Å². The summed E-state index contributed by atoms with van der Waals surface area (Å²) in [6, 6.07) is 21.5. The lowest BCUT2D eigenvalue weighted by Crippen LogP contribution is -2.53. The van der Waals surface area contributed by atoms with Crippen LogP contribution in [0.3, 0.4) is 0 Å². The summed E-state index contributed by atoms with van der Waals surface area (Å²) in [5.41, 5.74) is 0.827. The largest absolute Gasteiger partial charge is 0.334 e. The highest BCUT2D eigenvalue weighted by Gasteiger charge is 2.52. The number of hydrogen-bond donors (Lipinski definition) is 1. The Hall–Kier alpha value is -3.42. The Kier molecular flexibility index (Phi) is 8.70. The Bertz CT molecular complexity index is 1840. The number of hydrogen-bond acceptors (Lipinski definition) is 5. The fourth-order valence-electron chi connectivity index (χ4n) is 5.76. The summed E-state index contributed by atoms with van der Waals surface area (Å²) in [6.45, 7) is 2.69. The lowest BCUT2D eigenvalue weighted by atomic mass is 9.92. The fraction of sp³-hybridized carbons (Fsp3) is 0.258. The number of carbonyl (C=O) groups is 2. The first-order valence-electron chi connectivity index (χ1n) is 14.2. The molecular weight excluding hydrogens is 703 g/mol. The molecule has 0 aliphatic carbocycles. The van der Waals surface area contributed by atoms with E-state index in [2.05, 4.69) is 26.2 Å². The second kappa shape index (κ2) is 12.4. The van der Waals surface area contributed by atoms with Gasteiger partial charge in [-0.05, 0) is 48.4 Å². The van der Waals surface area contributed by atoms with E-state index in [1.807, 2.05) is 54.6 Å². The van der Waals surface area contributed by atoms with E-state index >= 15 is 0 Å². The van der Waals surface area contributed by atoms with Crippen molar-refractivity contribution in [2.24, 2.45) is 0 Å². The molecule has 3 amide bonds. The van der Waals surface area contributed by atoms with Gasteiger partial charge in [0.05, 0.1) is 11.9 Å². The van der Waals surface area contributed by atoms with Crippen molar-refractivity contribution in [1.82, 2.24) is 24.1 Å². The van der Waals surface area contributed by atoms with Crippen molar-refractivity contribution in [2.75, 3.05) is 31.1 Å². The number of imidazole rings is 1. The van der Waals surface area contributed by atoms with Crippen molar-refractivity contribution in [3.63, 3.8) is 0 Å². The van der Waals surface area contributed by atoms with Crippen LogP contribution in [0.1, 0.15) is 18.1 Å². The summed E-state index contributed by atoms with van der Waals surface area (Å²) < 4.78 is 32.1. The molecule has 1 atom stereocenters. The van der Waals surface area contributed by atoms with Crippen LogP contribution >= 0.6 is 39.1 Å². The maximum Gasteiger partial charge on any atom is 0.317 e. The third-order valence-corrected chi connectivity index (χ3v) is 10.9. The summed E-state index contributed by atoms with van der Waals surface area (Å²) in [5, 5.41) is 3.43. The molecule has 10 nitrogen and oxygen atoms in total. The molecule has 6 rings (SSSR count). The first-order valence-corrected chi connectivity index (χ1v) is 17.2. The van der Waals surface area contributed by atoms with Crippen LogP contribution in [0.4, 0.5) is 16.4 Å².